The molecule has 1 amide bonds. The summed E-state index contributed by atoms with van der Waals surface area (Å²) in [6.45, 7) is 9.09. The van der Waals surface area contributed by atoms with Gasteiger partial charge in [-0.3, -0.25) is 10.1 Å². The van der Waals surface area contributed by atoms with E-state index in [0.717, 1.165) is 51.4 Å². The molecule has 0 spiro atoms. The Bertz CT molecular complexity index is 687. The molecule has 1 heterocycles. The minimum atomic E-state index is -4.51. The molecule has 1 aromatic rings. The van der Waals surface area contributed by atoms with Gasteiger partial charge >= 0.3 is 6.18 Å². The summed E-state index contributed by atoms with van der Waals surface area (Å²) in [6, 6.07) is 4.31. The quantitative estimate of drug-likeness (QED) is 0.405. The Kier molecular flexibility index (Phi) is 8.91. The molecule has 162 valence electrons. The number of quaternary nitrogens is 1. The van der Waals surface area contributed by atoms with Gasteiger partial charge in [0.15, 0.2) is 0 Å². The van der Waals surface area contributed by atoms with E-state index in [9.17, 15) is 18.0 Å². The van der Waals surface area contributed by atoms with E-state index in [4.69, 9.17) is 9.47 Å². The number of hydrogen-bond donors (Lipinski definition) is 2. The van der Waals surface area contributed by atoms with Crippen molar-refractivity contribution in [3.8, 4) is 0 Å². The molecule has 0 unspecified atom stereocenters. The molecule has 0 aliphatic carbocycles. The van der Waals surface area contributed by atoms with Crippen LogP contribution in [-0.2, 0) is 15.7 Å². The van der Waals surface area contributed by atoms with Gasteiger partial charge in [0.1, 0.15) is 13.1 Å². The summed E-state index contributed by atoms with van der Waals surface area (Å²) in [5.41, 5.74) is -0.973. The average molecular weight is 416 g/mol. The van der Waals surface area contributed by atoms with Crippen molar-refractivity contribution in [3.05, 3.63) is 35.4 Å². The van der Waals surface area contributed by atoms with Gasteiger partial charge in [0, 0.05) is 18.5 Å². The van der Waals surface area contributed by atoms with Gasteiger partial charge in [-0.25, -0.2) is 4.99 Å². The lowest BCUT2D eigenvalue weighted by Gasteiger charge is -2.23. The number of benzene rings is 1. The summed E-state index contributed by atoms with van der Waals surface area (Å²) >= 11 is 0. The summed E-state index contributed by atoms with van der Waals surface area (Å²) in [4.78, 5) is 18.2. The number of carbonyl (C=O) groups excluding carboxylic acids is 1. The molecule has 29 heavy (non-hydrogen) atoms. The normalized spacial score (nSPS) is 16.1. The molecule has 2 N–H and O–H groups in total. The minimum absolute atomic E-state index is 0.0399. The Morgan fingerprint density at radius 1 is 1.31 bits per heavy atom. The Balaban J connectivity index is 1.96. The lowest BCUT2D eigenvalue weighted by molar-refractivity contribution is -0.908. The predicted molar refractivity (Wildman–Crippen MR) is 103 cm³/mol. The first-order valence-electron chi connectivity index (χ1n) is 9.83. The fourth-order valence-corrected chi connectivity index (χ4v) is 2.79. The second kappa shape index (κ2) is 11.2. The van der Waals surface area contributed by atoms with Crippen molar-refractivity contribution in [1.82, 2.24) is 5.32 Å². The fourth-order valence-electron chi connectivity index (χ4n) is 2.79. The van der Waals surface area contributed by atoms with Crippen molar-refractivity contribution >= 4 is 11.9 Å². The maximum Gasteiger partial charge on any atom is 0.416 e. The number of hydrogen-bond acceptors (Lipinski definition) is 4. The number of amidine groups is 1. The molecule has 0 saturated carbocycles. The molecule has 2 rings (SSSR count). The summed E-state index contributed by atoms with van der Waals surface area (Å²) in [7, 11) is 0. The number of carbonyl (C=O) groups is 1. The van der Waals surface area contributed by atoms with E-state index in [0.29, 0.717) is 13.2 Å². The summed E-state index contributed by atoms with van der Waals surface area (Å²) in [5.74, 6) is -0.471. The van der Waals surface area contributed by atoms with Gasteiger partial charge < -0.3 is 14.4 Å². The standard InChI is InChI=1S/C20H28F3N3O3/c1-15(2)14-29-19(24-7-4-8-26-9-11-28-12-10-26)25-18(27)16-5-3-6-17(13-16)20(21,22)23/h3,5-6,13,15H,4,7-12,14H2,1-2H3,(H,24,25,27)/p+1. The molecule has 1 aliphatic rings. The third kappa shape index (κ3) is 8.41. The van der Waals surface area contributed by atoms with Crippen LogP contribution in [0.15, 0.2) is 29.3 Å². The van der Waals surface area contributed by atoms with Crippen molar-refractivity contribution in [2.45, 2.75) is 26.4 Å². The van der Waals surface area contributed by atoms with Crippen LogP contribution >= 0.6 is 0 Å². The van der Waals surface area contributed by atoms with Crippen LogP contribution in [0.5, 0.6) is 0 Å². The molecule has 1 aromatic carbocycles. The van der Waals surface area contributed by atoms with E-state index in [1.54, 1.807) is 0 Å². The van der Waals surface area contributed by atoms with Gasteiger partial charge in [-0.15, -0.1) is 0 Å². The van der Waals surface area contributed by atoms with Gasteiger partial charge in [-0.05, 0) is 24.1 Å². The van der Waals surface area contributed by atoms with Crippen LogP contribution in [-0.4, -0.2) is 57.9 Å². The SMILES string of the molecule is CC(C)COC(=NCCC[NH+]1CCOCC1)NC(=O)c1cccc(C(F)(F)F)c1. The maximum atomic E-state index is 12.9. The summed E-state index contributed by atoms with van der Waals surface area (Å²) < 4.78 is 49.5. The van der Waals surface area contributed by atoms with E-state index in [2.05, 4.69) is 10.3 Å². The number of ether oxygens (including phenoxy) is 2. The highest BCUT2D eigenvalue weighted by Crippen LogP contribution is 2.29. The van der Waals surface area contributed by atoms with Gasteiger partial charge in [0.05, 0.1) is 31.9 Å². The molecule has 0 aromatic heterocycles. The highest BCUT2D eigenvalue weighted by Gasteiger charge is 2.31. The zero-order chi connectivity index (χ0) is 21.3. The summed E-state index contributed by atoms with van der Waals surface area (Å²) in [6.07, 6.45) is -3.70. The van der Waals surface area contributed by atoms with E-state index < -0.39 is 17.6 Å². The Morgan fingerprint density at radius 2 is 2.03 bits per heavy atom. The summed E-state index contributed by atoms with van der Waals surface area (Å²) in [5, 5.41) is 2.50. The molecular weight excluding hydrogens is 387 g/mol. The van der Waals surface area contributed by atoms with Gasteiger partial charge in [0.2, 0.25) is 0 Å². The molecule has 0 atom stereocenters. The molecule has 6 nitrogen and oxygen atoms in total. The number of alkyl halides is 3. The molecule has 0 radical (unpaired) electrons. The lowest BCUT2D eigenvalue weighted by Crippen LogP contribution is -3.14. The number of nitrogens with one attached hydrogen (secondary N) is 2. The van der Waals surface area contributed by atoms with E-state index in [-0.39, 0.29) is 17.5 Å². The Hall–Kier alpha value is -2.13. The third-order valence-corrected chi connectivity index (χ3v) is 4.37. The van der Waals surface area contributed by atoms with Crippen LogP contribution in [0.3, 0.4) is 0 Å². The third-order valence-electron chi connectivity index (χ3n) is 4.37. The molecular formula is C20H29F3N3O3+. The average Bonchev–Trinajstić information content (AvgIpc) is 2.69. The number of rotatable bonds is 7. The van der Waals surface area contributed by atoms with E-state index in [1.807, 2.05) is 13.8 Å². The van der Waals surface area contributed by atoms with E-state index >= 15 is 0 Å². The largest absolute Gasteiger partial charge is 0.465 e. The molecule has 1 aliphatic heterocycles. The van der Waals surface area contributed by atoms with Crippen LogP contribution in [0, 0.1) is 5.92 Å². The van der Waals surface area contributed by atoms with Crippen LogP contribution in [0.25, 0.3) is 0 Å². The van der Waals surface area contributed by atoms with Crippen molar-refractivity contribution in [2.24, 2.45) is 10.9 Å². The first-order chi connectivity index (χ1) is 13.8. The Morgan fingerprint density at radius 3 is 2.69 bits per heavy atom. The van der Waals surface area contributed by atoms with Gasteiger partial charge in [0.25, 0.3) is 11.9 Å². The van der Waals surface area contributed by atoms with Crippen LogP contribution in [0.2, 0.25) is 0 Å². The Labute approximate surface area is 169 Å². The number of aliphatic imine (C=N–C) groups is 1. The van der Waals surface area contributed by atoms with Gasteiger partial charge in [-0.1, -0.05) is 19.9 Å². The zero-order valence-electron chi connectivity index (χ0n) is 16.8. The maximum absolute atomic E-state index is 12.9. The second-order valence-electron chi connectivity index (χ2n) is 7.39. The van der Waals surface area contributed by atoms with Crippen molar-refractivity contribution in [3.63, 3.8) is 0 Å². The molecule has 9 heteroatoms. The smallest absolute Gasteiger partial charge is 0.416 e. The second-order valence-corrected chi connectivity index (χ2v) is 7.39. The zero-order valence-corrected chi connectivity index (χ0v) is 16.8. The minimum Gasteiger partial charge on any atom is -0.465 e. The fraction of sp³-hybridized carbons (Fsp3) is 0.600. The topological polar surface area (TPSA) is 64.4 Å². The lowest BCUT2D eigenvalue weighted by atomic mass is 10.1. The molecule has 1 saturated heterocycles. The van der Waals surface area contributed by atoms with E-state index in [1.165, 1.54) is 17.0 Å². The number of nitrogens with zero attached hydrogens (tertiary/aromatic N) is 1. The van der Waals surface area contributed by atoms with Crippen molar-refractivity contribution in [2.75, 3.05) is 46.0 Å². The predicted octanol–water partition coefficient (Wildman–Crippen LogP) is 1.77. The van der Waals surface area contributed by atoms with Crippen LogP contribution in [0.1, 0.15) is 36.2 Å². The van der Waals surface area contributed by atoms with Crippen LogP contribution in [0.4, 0.5) is 13.2 Å². The first-order valence-corrected chi connectivity index (χ1v) is 9.83. The molecule has 1 fully saturated rings. The first kappa shape index (κ1) is 23.2. The number of morpholine rings is 1. The molecule has 0 bridgehead atoms. The number of halogens is 3. The monoisotopic (exact) mass is 416 g/mol. The van der Waals surface area contributed by atoms with Crippen molar-refractivity contribution in [1.29, 1.82) is 0 Å². The van der Waals surface area contributed by atoms with Gasteiger partial charge in [-0.2, -0.15) is 13.2 Å². The highest BCUT2D eigenvalue weighted by molar-refractivity contribution is 6.04. The van der Waals surface area contributed by atoms with Crippen molar-refractivity contribution < 1.29 is 32.3 Å². The number of amides is 1. The van der Waals surface area contributed by atoms with Crippen LogP contribution < -0.4 is 10.2 Å². The highest BCUT2D eigenvalue weighted by atomic mass is 19.4.